The first-order chi connectivity index (χ1) is 12.2. The van der Waals surface area contributed by atoms with E-state index in [1.165, 1.54) is 18.4 Å². The lowest BCUT2D eigenvalue weighted by Gasteiger charge is -2.22. The Kier molecular flexibility index (Phi) is 5.86. The molecule has 0 aliphatic heterocycles. The summed E-state index contributed by atoms with van der Waals surface area (Å²) in [4.78, 5) is 29.3. The number of nitrogens with one attached hydrogen (secondary N) is 1. The molecule has 0 aliphatic rings. The Balaban J connectivity index is 2.32. The highest BCUT2D eigenvalue weighted by Crippen LogP contribution is 2.35. The van der Waals surface area contributed by atoms with Gasteiger partial charge >= 0.3 is 5.97 Å². The fourth-order valence-electron chi connectivity index (χ4n) is 2.35. The summed E-state index contributed by atoms with van der Waals surface area (Å²) in [6.07, 6.45) is 0. The maximum atomic E-state index is 12.6. The summed E-state index contributed by atoms with van der Waals surface area (Å²) in [6.45, 7) is 4.92. The van der Waals surface area contributed by atoms with E-state index in [0.717, 1.165) is 5.56 Å². The van der Waals surface area contributed by atoms with Gasteiger partial charge in [0.2, 0.25) is 0 Å². The SMILES string of the molecule is COC(=O)C(C)(C)NC(=O)c1sc(-c2ccc(OC)c(OC)c2)nc1C. The van der Waals surface area contributed by atoms with E-state index in [1.54, 1.807) is 47.1 Å². The number of aryl methyl sites for hydroxylation is 1. The number of aromatic nitrogens is 1. The lowest BCUT2D eigenvalue weighted by Crippen LogP contribution is -2.50. The normalized spacial score (nSPS) is 11.0. The van der Waals surface area contributed by atoms with Gasteiger partial charge in [-0.1, -0.05) is 0 Å². The Labute approximate surface area is 156 Å². The maximum Gasteiger partial charge on any atom is 0.330 e. The number of esters is 1. The predicted octanol–water partition coefficient (Wildman–Crippen LogP) is 2.82. The molecule has 26 heavy (non-hydrogen) atoms. The Morgan fingerprint density at radius 2 is 1.77 bits per heavy atom. The lowest BCUT2D eigenvalue weighted by molar-refractivity contribution is -0.146. The number of carbonyl (C=O) groups is 2. The van der Waals surface area contributed by atoms with Crippen LogP contribution >= 0.6 is 11.3 Å². The minimum Gasteiger partial charge on any atom is -0.493 e. The molecule has 140 valence electrons. The average Bonchev–Trinajstić information content (AvgIpc) is 3.01. The third kappa shape index (κ3) is 3.96. The molecule has 0 saturated heterocycles. The Morgan fingerprint density at radius 3 is 2.35 bits per heavy atom. The number of methoxy groups -OCH3 is 3. The molecule has 2 rings (SSSR count). The largest absolute Gasteiger partial charge is 0.493 e. The van der Waals surface area contributed by atoms with Crippen LogP contribution in [0.25, 0.3) is 10.6 Å². The molecule has 0 radical (unpaired) electrons. The lowest BCUT2D eigenvalue weighted by atomic mass is 10.1. The molecule has 0 spiro atoms. The molecule has 1 aromatic heterocycles. The fraction of sp³-hybridized carbons (Fsp3) is 0.389. The van der Waals surface area contributed by atoms with E-state index in [1.807, 2.05) is 6.07 Å². The van der Waals surface area contributed by atoms with Crippen molar-refractivity contribution < 1.29 is 23.8 Å². The van der Waals surface area contributed by atoms with Crippen LogP contribution in [0.3, 0.4) is 0 Å². The average molecular weight is 378 g/mol. The summed E-state index contributed by atoms with van der Waals surface area (Å²) in [7, 11) is 4.41. The van der Waals surface area contributed by atoms with Crippen molar-refractivity contribution in [1.82, 2.24) is 10.3 Å². The molecule has 7 nitrogen and oxygen atoms in total. The second kappa shape index (κ2) is 7.74. The van der Waals surface area contributed by atoms with Crippen LogP contribution in [0.2, 0.25) is 0 Å². The van der Waals surface area contributed by atoms with Crippen LogP contribution in [0.1, 0.15) is 29.2 Å². The number of benzene rings is 1. The van der Waals surface area contributed by atoms with Gasteiger partial charge in [-0.05, 0) is 39.0 Å². The van der Waals surface area contributed by atoms with Crippen LogP contribution in [0.15, 0.2) is 18.2 Å². The van der Waals surface area contributed by atoms with E-state index in [2.05, 4.69) is 10.3 Å². The highest BCUT2D eigenvalue weighted by molar-refractivity contribution is 7.17. The van der Waals surface area contributed by atoms with Gasteiger partial charge < -0.3 is 19.5 Å². The van der Waals surface area contributed by atoms with E-state index in [-0.39, 0.29) is 5.91 Å². The van der Waals surface area contributed by atoms with Gasteiger partial charge in [0.05, 0.1) is 27.0 Å². The van der Waals surface area contributed by atoms with E-state index in [4.69, 9.17) is 14.2 Å². The van der Waals surface area contributed by atoms with Gasteiger partial charge in [0, 0.05) is 5.56 Å². The molecule has 0 saturated carbocycles. The van der Waals surface area contributed by atoms with Crippen LogP contribution in [0.4, 0.5) is 0 Å². The third-order valence-corrected chi connectivity index (χ3v) is 4.96. The van der Waals surface area contributed by atoms with Crippen molar-refractivity contribution in [2.45, 2.75) is 26.3 Å². The molecule has 2 aromatic rings. The van der Waals surface area contributed by atoms with Gasteiger partial charge in [0.15, 0.2) is 11.5 Å². The van der Waals surface area contributed by atoms with E-state index in [0.29, 0.717) is 27.1 Å². The highest BCUT2D eigenvalue weighted by Gasteiger charge is 2.32. The molecule has 1 amide bonds. The Bertz CT molecular complexity index is 829. The quantitative estimate of drug-likeness (QED) is 0.778. The zero-order valence-electron chi connectivity index (χ0n) is 15.6. The summed E-state index contributed by atoms with van der Waals surface area (Å²) in [5.74, 6) is 0.299. The number of amides is 1. The van der Waals surface area contributed by atoms with E-state index in [9.17, 15) is 9.59 Å². The number of carbonyl (C=O) groups excluding carboxylic acids is 2. The summed E-state index contributed by atoms with van der Waals surface area (Å²) in [5, 5.41) is 3.35. The van der Waals surface area contributed by atoms with Gasteiger partial charge in [-0.3, -0.25) is 4.79 Å². The summed E-state index contributed by atoms with van der Waals surface area (Å²) in [5.41, 5.74) is 0.256. The van der Waals surface area contributed by atoms with Gasteiger partial charge in [0.1, 0.15) is 15.4 Å². The van der Waals surface area contributed by atoms with Crippen molar-refractivity contribution in [3.8, 4) is 22.1 Å². The number of rotatable bonds is 6. The van der Waals surface area contributed by atoms with Crippen molar-refractivity contribution in [3.63, 3.8) is 0 Å². The molecule has 1 aromatic carbocycles. The second-order valence-electron chi connectivity index (χ2n) is 6.07. The van der Waals surface area contributed by atoms with Gasteiger partial charge in [-0.25, -0.2) is 9.78 Å². The van der Waals surface area contributed by atoms with Gasteiger partial charge in [-0.15, -0.1) is 11.3 Å². The van der Waals surface area contributed by atoms with Gasteiger partial charge in [-0.2, -0.15) is 0 Å². The van der Waals surface area contributed by atoms with Crippen molar-refractivity contribution >= 4 is 23.2 Å². The van der Waals surface area contributed by atoms with Crippen LogP contribution in [-0.2, 0) is 9.53 Å². The first-order valence-electron chi connectivity index (χ1n) is 7.84. The van der Waals surface area contributed by atoms with Crippen molar-refractivity contribution in [1.29, 1.82) is 0 Å². The number of hydrogen-bond acceptors (Lipinski definition) is 7. The summed E-state index contributed by atoms with van der Waals surface area (Å²) < 4.78 is 15.3. The molecule has 1 N–H and O–H groups in total. The smallest absolute Gasteiger partial charge is 0.330 e. The number of hydrogen-bond donors (Lipinski definition) is 1. The first-order valence-corrected chi connectivity index (χ1v) is 8.66. The number of ether oxygens (including phenoxy) is 3. The van der Waals surface area contributed by atoms with E-state index >= 15 is 0 Å². The zero-order chi connectivity index (χ0) is 19.5. The molecular weight excluding hydrogens is 356 g/mol. The Hall–Kier alpha value is -2.61. The molecule has 8 heteroatoms. The van der Waals surface area contributed by atoms with Crippen LogP contribution < -0.4 is 14.8 Å². The molecule has 1 heterocycles. The molecular formula is C18H22N2O5S. The number of thiazole rings is 1. The van der Waals surface area contributed by atoms with Crippen molar-refractivity contribution in [2.75, 3.05) is 21.3 Å². The molecule has 0 unspecified atom stereocenters. The van der Waals surface area contributed by atoms with Crippen molar-refractivity contribution in [2.24, 2.45) is 0 Å². The first kappa shape index (κ1) is 19.7. The van der Waals surface area contributed by atoms with Crippen molar-refractivity contribution in [3.05, 3.63) is 28.8 Å². The van der Waals surface area contributed by atoms with Crippen LogP contribution in [0, 0.1) is 6.92 Å². The van der Waals surface area contributed by atoms with Crippen LogP contribution in [0.5, 0.6) is 11.5 Å². The van der Waals surface area contributed by atoms with E-state index < -0.39 is 11.5 Å². The van der Waals surface area contributed by atoms with Gasteiger partial charge in [0.25, 0.3) is 5.91 Å². The maximum absolute atomic E-state index is 12.6. The third-order valence-electron chi connectivity index (χ3n) is 3.76. The zero-order valence-corrected chi connectivity index (χ0v) is 16.4. The Morgan fingerprint density at radius 1 is 1.12 bits per heavy atom. The fourth-order valence-corrected chi connectivity index (χ4v) is 3.30. The topological polar surface area (TPSA) is 86.8 Å². The highest BCUT2D eigenvalue weighted by atomic mass is 32.1. The molecule has 0 aliphatic carbocycles. The molecule has 0 fully saturated rings. The standard InChI is InChI=1S/C18H22N2O5S/c1-10-14(15(21)20-18(2,3)17(22)25-6)26-16(19-10)11-7-8-12(23-4)13(9-11)24-5/h7-9H,1-6H3,(H,20,21). The predicted molar refractivity (Wildman–Crippen MR) is 99.0 cm³/mol. The minimum absolute atomic E-state index is 0.373. The molecule has 0 atom stereocenters. The second-order valence-corrected chi connectivity index (χ2v) is 7.07. The monoisotopic (exact) mass is 378 g/mol. The number of nitrogens with zero attached hydrogens (tertiary/aromatic N) is 1. The summed E-state index contributed by atoms with van der Waals surface area (Å²) >= 11 is 1.24. The van der Waals surface area contributed by atoms with Crippen LogP contribution in [-0.4, -0.2) is 43.7 Å². The summed E-state index contributed by atoms with van der Waals surface area (Å²) in [6, 6.07) is 5.43. The minimum atomic E-state index is -1.13. The molecule has 0 bridgehead atoms.